The van der Waals surface area contributed by atoms with Crippen molar-refractivity contribution in [1.82, 2.24) is 5.32 Å². The molecule has 5 heteroatoms. The van der Waals surface area contributed by atoms with E-state index in [0.29, 0.717) is 12.6 Å². The molecular weight excluding hydrogens is 265 g/mol. The van der Waals surface area contributed by atoms with Crippen LogP contribution in [-0.2, 0) is 6.18 Å². The van der Waals surface area contributed by atoms with Gasteiger partial charge < -0.3 is 11.1 Å². The van der Waals surface area contributed by atoms with E-state index in [1.165, 1.54) is 31.4 Å². The standard InChI is InChI=1S/C15H21F3N2/c16-15(17,18)12-8-6-11(7-9-12)14(10-19)20-13-4-2-1-3-5-13/h6-9,13-14,20H,1-5,10,19H2. The summed E-state index contributed by atoms with van der Waals surface area (Å²) in [6, 6.07) is 5.66. The van der Waals surface area contributed by atoms with E-state index >= 15 is 0 Å². The van der Waals surface area contributed by atoms with E-state index in [1.54, 1.807) is 0 Å². The smallest absolute Gasteiger partial charge is 0.329 e. The van der Waals surface area contributed by atoms with Gasteiger partial charge in [-0.1, -0.05) is 31.4 Å². The van der Waals surface area contributed by atoms with E-state index in [1.807, 2.05) is 0 Å². The SMILES string of the molecule is NCC(NC1CCCCC1)c1ccc(C(F)(F)F)cc1. The van der Waals surface area contributed by atoms with Crippen LogP contribution < -0.4 is 11.1 Å². The van der Waals surface area contributed by atoms with Gasteiger partial charge in [-0.15, -0.1) is 0 Å². The average Bonchev–Trinajstić information content (AvgIpc) is 2.45. The molecule has 1 aliphatic carbocycles. The highest BCUT2D eigenvalue weighted by Crippen LogP contribution is 2.30. The molecule has 0 amide bonds. The molecule has 0 saturated heterocycles. The maximum atomic E-state index is 12.5. The summed E-state index contributed by atoms with van der Waals surface area (Å²) in [5.41, 5.74) is 5.97. The second-order valence-electron chi connectivity index (χ2n) is 5.41. The topological polar surface area (TPSA) is 38.0 Å². The third kappa shape index (κ3) is 3.96. The van der Waals surface area contributed by atoms with Gasteiger partial charge in [-0.05, 0) is 30.5 Å². The van der Waals surface area contributed by atoms with Crippen LogP contribution in [0.3, 0.4) is 0 Å². The quantitative estimate of drug-likeness (QED) is 0.887. The Morgan fingerprint density at radius 1 is 1.10 bits per heavy atom. The minimum absolute atomic E-state index is 0.0691. The number of nitrogens with two attached hydrogens (primary N) is 1. The Bertz CT molecular complexity index is 408. The second-order valence-corrected chi connectivity index (χ2v) is 5.41. The van der Waals surface area contributed by atoms with Crippen LogP contribution in [0.25, 0.3) is 0 Å². The normalized spacial score (nSPS) is 19.0. The number of alkyl halides is 3. The Morgan fingerprint density at radius 2 is 1.70 bits per heavy atom. The number of benzene rings is 1. The summed E-state index contributed by atoms with van der Waals surface area (Å²) in [6.45, 7) is 0.391. The molecule has 112 valence electrons. The third-order valence-corrected chi connectivity index (χ3v) is 3.92. The minimum atomic E-state index is -4.28. The van der Waals surface area contributed by atoms with Crippen molar-refractivity contribution in [2.45, 2.75) is 50.4 Å². The monoisotopic (exact) mass is 286 g/mol. The summed E-state index contributed by atoms with van der Waals surface area (Å²) in [5.74, 6) is 0. The predicted molar refractivity (Wildman–Crippen MR) is 73.2 cm³/mol. The van der Waals surface area contributed by atoms with Crippen LogP contribution in [-0.4, -0.2) is 12.6 Å². The first kappa shape index (κ1) is 15.3. The predicted octanol–water partition coefficient (Wildman–Crippen LogP) is 3.63. The van der Waals surface area contributed by atoms with Crippen LogP contribution in [0.2, 0.25) is 0 Å². The lowest BCUT2D eigenvalue weighted by molar-refractivity contribution is -0.137. The van der Waals surface area contributed by atoms with Crippen LogP contribution in [0, 0.1) is 0 Å². The number of halogens is 3. The van der Waals surface area contributed by atoms with Crippen LogP contribution >= 0.6 is 0 Å². The van der Waals surface area contributed by atoms with Gasteiger partial charge in [0.2, 0.25) is 0 Å². The molecule has 1 aromatic rings. The Morgan fingerprint density at radius 3 is 2.20 bits per heavy atom. The molecule has 1 aliphatic rings. The van der Waals surface area contributed by atoms with Gasteiger partial charge in [-0.3, -0.25) is 0 Å². The zero-order chi connectivity index (χ0) is 14.6. The first-order valence-corrected chi connectivity index (χ1v) is 7.14. The van der Waals surface area contributed by atoms with Crippen molar-refractivity contribution in [3.8, 4) is 0 Å². The fraction of sp³-hybridized carbons (Fsp3) is 0.600. The van der Waals surface area contributed by atoms with E-state index in [4.69, 9.17) is 5.73 Å². The van der Waals surface area contributed by atoms with Gasteiger partial charge in [0.15, 0.2) is 0 Å². The van der Waals surface area contributed by atoms with Crippen molar-refractivity contribution in [2.24, 2.45) is 5.73 Å². The zero-order valence-electron chi connectivity index (χ0n) is 11.4. The minimum Gasteiger partial charge on any atom is -0.329 e. The maximum absolute atomic E-state index is 12.5. The maximum Gasteiger partial charge on any atom is 0.416 e. The van der Waals surface area contributed by atoms with Gasteiger partial charge in [0, 0.05) is 18.6 Å². The molecule has 0 aliphatic heterocycles. The average molecular weight is 286 g/mol. The van der Waals surface area contributed by atoms with Crippen LogP contribution in [0.15, 0.2) is 24.3 Å². The molecule has 1 atom stereocenters. The van der Waals surface area contributed by atoms with Crippen LogP contribution in [0.5, 0.6) is 0 Å². The molecule has 1 fully saturated rings. The van der Waals surface area contributed by atoms with Crippen molar-refractivity contribution in [2.75, 3.05) is 6.54 Å². The first-order chi connectivity index (χ1) is 9.50. The highest BCUT2D eigenvalue weighted by molar-refractivity contribution is 5.27. The Balaban J connectivity index is 2.03. The lowest BCUT2D eigenvalue weighted by Crippen LogP contribution is -2.37. The van der Waals surface area contributed by atoms with Gasteiger partial charge in [0.05, 0.1) is 5.56 Å². The molecule has 2 nitrogen and oxygen atoms in total. The molecule has 1 aromatic carbocycles. The molecule has 2 rings (SSSR count). The van der Waals surface area contributed by atoms with Gasteiger partial charge in [0.25, 0.3) is 0 Å². The molecule has 0 radical (unpaired) electrons. The summed E-state index contributed by atoms with van der Waals surface area (Å²) in [5, 5.41) is 3.47. The Kier molecular flexibility index (Phi) is 5.05. The van der Waals surface area contributed by atoms with Crippen molar-refractivity contribution >= 4 is 0 Å². The number of rotatable bonds is 4. The van der Waals surface area contributed by atoms with Crippen molar-refractivity contribution in [3.63, 3.8) is 0 Å². The molecule has 20 heavy (non-hydrogen) atoms. The fourth-order valence-corrected chi connectivity index (χ4v) is 2.76. The van der Waals surface area contributed by atoms with Gasteiger partial charge in [-0.25, -0.2) is 0 Å². The van der Waals surface area contributed by atoms with Gasteiger partial charge in [-0.2, -0.15) is 13.2 Å². The van der Waals surface area contributed by atoms with E-state index in [0.717, 1.165) is 30.5 Å². The van der Waals surface area contributed by atoms with Crippen LogP contribution in [0.1, 0.15) is 49.3 Å². The van der Waals surface area contributed by atoms with Gasteiger partial charge >= 0.3 is 6.18 Å². The molecule has 1 unspecified atom stereocenters. The molecule has 0 bridgehead atoms. The molecular formula is C15H21F3N2. The Labute approximate surface area is 117 Å². The van der Waals surface area contributed by atoms with Gasteiger partial charge in [0.1, 0.15) is 0 Å². The Hall–Kier alpha value is -1.07. The highest BCUT2D eigenvalue weighted by Gasteiger charge is 2.30. The molecule has 1 saturated carbocycles. The lowest BCUT2D eigenvalue weighted by Gasteiger charge is -2.28. The molecule has 0 spiro atoms. The summed E-state index contributed by atoms with van der Waals surface area (Å²) in [7, 11) is 0. The van der Waals surface area contributed by atoms with Crippen molar-refractivity contribution < 1.29 is 13.2 Å². The summed E-state index contributed by atoms with van der Waals surface area (Å²) in [6.07, 6.45) is 1.65. The molecule has 0 heterocycles. The summed E-state index contributed by atoms with van der Waals surface area (Å²) < 4.78 is 37.6. The van der Waals surface area contributed by atoms with E-state index in [2.05, 4.69) is 5.32 Å². The third-order valence-electron chi connectivity index (χ3n) is 3.92. The van der Waals surface area contributed by atoms with E-state index in [9.17, 15) is 13.2 Å². The molecule has 0 aromatic heterocycles. The fourth-order valence-electron chi connectivity index (χ4n) is 2.76. The zero-order valence-corrected chi connectivity index (χ0v) is 11.4. The summed E-state index contributed by atoms with van der Waals surface area (Å²) >= 11 is 0. The molecule has 3 N–H and O–H groups in total. The number of hydrogen-bond acceptors (Lipinski definition) is 2. The van der Waals surface area contributed by atoms with Crippen LogP contribution in [0.4, 0.5) is 13.2 Å². The van der Waals surface area contributed by atoms with Crippen molar-refractivity contribution in [1.29, 1.82) is 0 Å². The number of hydrogen-bond donors (Lipinski definition) is 2. The highest BCUT2D eigenvalue weighted by atomic mass is 19.4. The first-order valence-electron chi connectivity index (χ1n) is 7.14. The van der Waals surface area contributed by atoms with E-state index < -0.39 is 11.7 Å². The number of nitrogens with one attached hydrogen (secondary N) is 1. The van der Waals surface area contributed by atoms with E-state index in [-0.39, 0.29) is 6.04 Å². The summed E-state index contributed by atoms with van der Waals surface area (Å²) in [4.78, 5) is 0. The van der Waals surface area contributed by atoms with Crippen molar-refractivity contribution in [3.05, 3.63) is 35.4 Å². The lowest BCUT2D eigenvalue weighted by atomic mass is 9.94. The second kappa shape index (κ2) is 6.59. The largest absolute Gasteiger partial charge is 0.416 e.